The molecule has 1 fully saturated rings. The van der Waals surface area contributed by atoms with Crippen LogP contribution in [0.1, 0.15) is 45.4 Å². The molecule has 1 aromatic rings. The topological polar surface area (TPSA) is 69.6 Å². The summed E-state index contributed by atoms with van der Waals surface area (Å²) in [7, 11) is 0. The van der Waals surface area contributed by atoms with E-state index in [0.29, 0.717) is 17.1 Å². The Labute approximate surface area is 152 Å². The lowest BCUT2D eigenvalue weighted by Crippen LogP contribution is -2.38. The average Bonchev–Trinajstić information content (AvgIpc) is 2.88. The highest BCUT2D eigenvalue weighted by molar-refractivity contribution is 6.31. The molecule has 3 rings (SSSR count). The Morgan fingerprint density at radius 2 is 2.04 bits per heavy atom. The van der Waals surface area contributed by atoms with E-state index in [0.717, 1.165) is 25.7 Å². The Hall–Kier alpha value is -2.01. The van der Waals surface area contributed by atoms with E-state index in [1.165, 1.54) is 6.42 Å². The molecule has 2 N–H and O–H groups in total. The number of hydrogen-bond donors (Lipinski definition) is 2. The molecule has 0 bridgehead atoms. The number of carbonyl (C=O) groups is 2. The Kier molecular flexibility index (Phi) is 5.33. The number of carbonyl (C=O) groups excluding carboxylic acids is 1. The summed E-state index contributed by atoms with van der Waals surface area (Å²) in [5, 5.41) is 13.5. The molecule has 2 aliphatic rings. The monoisotopic (exact) mass is 362 g/mol. The smallest absolute Gasteiger partial charge is 0.336 e. The van der Waals surface area contributed by atoms with Gasteiger partial charge in [-0.05, 0) is 37.5 Å². The molecule has 1 aliphatic heterocycles. The van der Waals surface area contributed by atoms with Gasteiger partial charge in [0.25, 0.3) is 5.91 Å². The molecule has 134 valence electrons. The van der Waals surface area contributed by atoms with Crippen LogP contribution in [-0.2, 0) is 9.59 Å². The van der Waals surface area contributed by atoms with Gasteiger partial charge in [-0.15, -0.1) is 0 Å². The van der Waals surface area contributed by atoms with Gasteiger partial charge in [-0.1, -0.05) is 43.9 Å². The fourth-order valence-electron chi connectivity index (χ4n) is 3.82. The molecule has 1 aromatic carbocycles. The molecule has 5 nitrogen and oxygen atoms in total. The second-order valence-corrected chi connectivity index (χ2v) is 7.09. The minimum absolute atomic E-state index is 0.165. The van der Waals surface area contributed by atoms with Gasteiger partial charge in [-0.25, -0.2) is 4.79 Å². The molecule has 6 heteroatoms. The van der Waals surface area contributed by atoms with Crippen molar-refractivity contribution in [2.45, 2.75) is 57.5 Å². The maximum absolute atomic E-state index is 13.1. The molecule has 0 aromatic heterocycles. The van der Waals surface area contributed by atoms with Gasteiger partial charge in [0.2, 0.25) is 0 Å². The van der Waals surface area contributed by atoms with E-state index in [4.69, 9.17) is 11.6 Å². The average molecular weight is 363 g/mol. The van der Waals surface area contributed by atoms with Gasteiger partial charge >= 0.3 is 5.97 Å². The molecule has 0 saturated heterocycles. The predicted molar refractivity (Wildman–Crippen MR) is 97.7 cm³/mol. The number of carboxylic acids is 1. The third-order valence-electron chi connectivity index (χ3n) is 5.00. The third-order valence-corrected chi connectivity index (χ3v) is 5.24. The van der Waals surface area contributed by atoms with E-state index in [2.05, 4.69) is 5.32 Å². The summed E-state index contributed by atoms with van der Waals surface area (Å²) >= 11 is 6.07. The van der Waals surface area contributed by atoms with E-state index in [1.54, 1.807) is 29.2 Å². The van der Waals surface area contributed by atoms with E-state index in [9.17, 15) is 14.7 Å². The van der Waals surface area contributed by atoms with Crippen molar-refractivity contribution in [3.05, 3.63) is 40.6 Å². The van der Waals surface area contributed by atoms with Crippen molar-refractivity contribution in [2.24, 2.45) is 0 Å². The number of halogens is 1. The summed E-state index contributed by atoms with van der Waals surface area (Å²) in [4.78, 5) is 26.5. The summed E-state index contributed by atoms with van der Waals surface area (Å²) in [6.07, 6.45) is 5.88. The lowest BCUT2D eigenvalue weighted by atomic mass is 9.95. The number of anilines is 1. The second-order valence-electron chi connectivity index (χ2n) is 6.65. The SMILES string of the molecule is CCC1C(C(=O)O)=C(NC2CCCCC2)C(=O)N1c1cccc(Cl)c1. The highest BCUT2D eigenvalue weighted by Crippen LogP contribution is 2.34. The van der Waals surface area contributed by atoms with Gasteiger partial charge in [0, 0.05) is 16.8 Å². The van der Waals surface area contributed by atoms with Gasteiger partial charge in [0.05, 0.1) is 11.6 Å². The Morgan fingerprint density at radius 3 is 2.64 bits per heavy atom. The van der Waals surface area contributed by atoms with Crippen molar-refractivity contribution in [1.82, 2.24) is 5.32 Å². The van der Waals surface area contributed by atoms with Crippen LogP contribution in [0.15, 0.2) is 35.5 Å². The minimum Gasteiger partial charge on any atom is -0.478 e. The first-order valence-corrected chi connectivity index (χ1v) is 9.23. The molecule has 1 saturated carbocycles. The number of carboxylic acid groups (broad SMARTS) is 1. The van der Waals surface area contributed by atoms with Gasteiger partial charge in [0.15, 0.2) is 0 Å². The molecular weight excluding hydrogens is 340 g/mol. The number of amides is 1. The van der Waals surface area contributed by atoms with E-state index in [1.807, 2.05) is 6.92 Å². The Morgan fingerprint density at radius 1 is 1.32 bits per heavy atom. The van der Waals surface area contributed by atoms with E-state index >= 15 is 0 Å². The fourth-order valence-corrected chi connectivity index (χ4v) is 4.01. The summed E-state index contributed by atoms with van der Waals surface area (Å²) in [5.41, 5.74) is 1.04. The van der Waals surface area contributed by atoms with Gasteiger partial charge in [-0.2, -0.15) is 0 Å². The number of aliphatic carboxylic acids is 1. The fraction of sp³-hybridized carbons (Fsp3) is 0.474. The van der Waals surface area contributed by atoms with Crippen molar-refractivity contribution >= 4 is 29.2 Å². The maximum atomic E-state index is 13.1. The van der Waals surface area contributed by atoms with Crippen molar-refractivity contribution in [3.8, 4) is 0 Å². The quantitative estimate of drug-likeness (QED) is 0.837. The highest BCUT2D eigenvalue weighted by Gasteiger charge is 2.43. The lowest BCUT2D eigenvalue weighted by molar-refractivity contribution is -0.133. The van der Waals surface area contributed by atoms with Crippen molar-refractivity contribution in [1.29, 1.82) is 0 Å². The third kappa shape index (κ3) is 3.52. The predicted octanol–water partition coefficient (Wildman–Crippen LogP) is 3.73. The zero-order chi connectivity index (χ0) is 18.0. The molecule has 1 aliphatic carbocycles. The zero-order valence-electron chi connectivity index (χ0n) is 14.3. The largest absolute Gasteiger partial charge is 0.478 e. The standard InChI is InChI=1S/C19H23ClN2O3/c1-2-15-16(19(24)25)17(21-13-8-4-3-5-9-13)18(23)22(15)14-10-6-7-12(20)11-14/h6-7,10-11,13,15,21H,2-5,8-9H2,1H3,(H,24,25). The zero-order valence-corrected chi connectivity index (χ0v) is 15.1. The van der Waals surface area contributed by atoms with Gasteiger partial charge in [0.1, 0.15) is 5.70 Å². The molecule has 0 spiro atoms. The molecule has 0 radical (unpaired) electrons. The van der Waals surface area contributed by atoms with E-state index in [-0.39, 0.29) is 23.2 Å². The van der Waals surface area contributed by atoms with Crippen LogP contribution in [0.25, 0.3) is 0 Å². The minimum atomic E-state index is -1.04. The van der Waals surface area contributed by atoms with Crippen LogP contribution >= 0.6 is 11.6 Å². The van der Waals surface area contributed by atoms with Crippen LogP contribution in [0, 0.1) is 0 Å². The number of nitrogens with one attached hydrogen (secondary N) is 1. The lowest BCUT2D eigenvalue weighted by Gasteiger charge is -2.26. The van der Waals surface area contributed by atoms with Crippen LogP contribution in [0.3, 0.4) is 0 Å². The molecule has 1 atom stereocenters. The van der Waals surface area contributed by atoms with Gasteiger partial charge < -0.3 is 10.4 Å². The van der Waals surface area contributed by atoms with E-state index < -0.39 is 12.0 Å². The molecule has 1 amide bonds. The van der Waals surface area contributed by atoms with Crippen molar-refractivity contribution < 1.29 is 14.7 Å². The van der Waals surface area contributed by atoms with Crippen LogP contribution in [-0.4, -0.2) is 29.1 Å². The first kappa shape index (κ1) is 17.8. The number of benzene rings is 1. The molecule has 25 heavy (non-hydrogen) atoms. The normalized spacial score (nSPS) is 21.8. The second kappa shape index (κ2) is 7.48. The van der Waals surface area contributed by atoms with Gasteiger partial charge in [-0.3, -0.25) is 9.69 Å². The first-order valence-electron chi connectivity index (χ1n) is 8.86. The Balaban J connectivity index is 1.96. The number of rotatable bonds is 5. The van der Waals surface area contributed by atoms with Crippen molar-refractivity contribution in [2.75, 3.05) is 4.90 Å². The summed E-state index contributed by atoms with van der Waals surface area (Å²) < 4.78 is 0. The first-order chi connectivity index (χ1) is 12.0. The number of hydrogen-bond acceptors (Lipinski definition) is 3. The van der Waals surface area contributed by atoms with Crippen molar-refractivity contribution in [3.63, 3.8) is 0 Å². The maximum Gasteiger partial charge on any atom is 0.336 e. The van der Waals surface area contributed by atoms with Crippen LogP contribution in [0.5, 0.6) is 0 Å². The highest BCUT2D eigenvalue weighted by atomic mass is 35.5. The molecule has 1 heterocycles. The molecule has 1 unspecified atom stereocenters. The summed E-state index contributed by atoms with van der Waals surface area (Å²) in [5.74, 6) is -1.32. The van der Waals surface area contributed by atoms with Crippen LogP contribution < -0.4 is 10.2 Å². The van der Waals surface area contributed by atoms with Crippen LogP contribution in [0.2, 0.25) is 5.02 Å². The summed E-state index contributed by atoms with van der Waals surface area (Å²) in [6.45, 7) is 1.89. The Bertz CT molecular complexity index is 710. The van der Waals surface area contributed by atoms with Crippen LogP contribution in [0.4, 0.5) is 5.69 Å². The summed E-state index contributed by atoms with van der Waals surface area (Å²) in [6, 6.07) is 6.67. The number of nitrogens with zero attached hydrogens (tertiary/aromatic N) is 1. The molecular formula is C19H23ClN2O3.